The van der Waals surface area contributed by atoms with E-state index in [0.717, 1.165) is 36.9 Å². The van der Waals surface area contributed by atoms with Crippen LogP contribution in [0.4, 0.5) is 0 Å². The van der Waals surface area contributed by atoms with Crippen LogP contribution in [-0.4, -0.2) is 38.7 Å². The topological polar surface area (TPSA) is 71.5 Å². The second-order valence-corrected chi connectivity index (χ2v) is 6.32. The van der Waals surface area contributed by atoms with Crippen LogP contribution in [0.15, 0.2) is 65.9 Å². The number of aliphatic imine (C=N–C) groups is 1. The van der Waals surface area contributed by atoms with Crippen LogP contribution in [0.1, 0.15) is 12.2 Å². The van der Waals surface area contributed by atoms with Crippen LogP contribution in [0.25, 0.3) is 16.6 Å². The van der Waals surface area contributed by atoms with Crippen molar-refractivity contribution >= 4 is 22.5 Å². The summed E-state index contributed by atoms with van der Waals surface area (Å²) < 4.78 is 4.26. The average molecular weight is 361 g/mol. The summed E-state index contributed by atoms with van der Waals surface area (Å²) in [6, 6.07) is 16.5. The largest absolute Gasteiger partial charge is 0.356 e. The molecule has 7 heteroatoms. The van der Waals surface area contributed by atoms with Crippen LogP contribution < -0.4 is 10.6 Å². The first-order chi connectivity index (χ1) is 13.3. The number of rotatable bonds is 6. The summed E-state index contributed by atoms with van der Waals surface area (Å²) in [6.07, 6.45) is 5.12. The van der Waals surface area contributed by atoms with Gasteiger partial charge in [-0.25, -0.2) is 0 Å². The monoisotopic (exact) mass is 361 g/mol. The van der Waals surface area contributed by atoms with Crippen molar-refractivity contribution in [1.82, 2.24) is 29.8 Å². The van der Waals surface area contributed by atoms with Gasteiger partial charge in [-0.1, -0.05) is 24.3 Å². The highest BCUT2D eigenvalue weighted by Crippen LogP contribution is 2.15. The number of para-hydroxylation sites is 1. The highest BCUT2D eigenvalue weighted by atomic mass is 15.3. The maximum absolute atomic E-state index is 4.28. The summed E-state index contributed by atoms with van der Waals surface area (Å²) >= 11 is 0. The molecule has 0 fully saturated rings. The van der Waals surface area contributed by atoms with Crippen LogP contribution in [0.5, 0.6) is 0 Å². The van der Waals surface area contributed by atoms with Crippen LogP contribution in [0.3, 0.4) is 0 Å². The lowest BCUT2D eigenvalue weighted by Gasteiger charge is -2.12. The second kappa shape index (κ2) is 7.90. The molecule has 1 aromatic carbocycles. The summed E-state index contributed by atoms with van der Waals surface area (Å²) in [6.45, 7) is 2.37. The molecule has 138 valence electrons. The number of aryl methyl sites for hydroxylation is 1. The molecule has 4 aromatic rings. The molecule has 0 atom stereocenters. The molecule has 0 aliphatic carbocycles. The molecule has 7 nitrogen and oxygen atoms in total. The number of aromatic nitrogens is 4. The molecule has 0 spiro atoms. The summed E-state index contributed by atoms with van der Waals surface area (Å²) in [5.41, 5.74) is 2.12. The Bertz CT molecular complexity index is 1060. The van der Waals surface area contributed by atoms with Gasteiger partial charge in [0.25, 0.3) is 0 Å². The first-order valence-electron chi connectivity index (χ1n) is 9.12. The van der Waals surface area contributed by atoms with Crippen molar-refractivity contribution in [2.24, 2.45) is 4.99 Å². The molecule has 0 radical (unpaired) electrons. The molecule has 2 N–H and O–H groups in total. The van der Waals surface area contributed by atoms with E-state index in [2.05, 4.69) is 66.9 Å². The molecule has 0 saturated carbocycles. The van der Waals surface area contributed by atoms with Crippen LogP contribution >= 0.6 is 0 Å². The minimum absolute atomic E-state index is 0.563. The standard InChI is InChI=1S/C20H23N7/c1-21-20(23-15-19-25-24-18-9-4-5-13-27(18)19)22-11-6-12-26-14-10-16-7-2-3-8-17(16)26/h2-5,7-10,13-14H,6,11-12,15H2,1H3,(H2,21,22,23). The Morgan fingerprint density at radius 1 is 1.00 bits per heavy atom. The third-order valence-corrected chi connectivity index (χ3v) is 4.57. The number of nitrogens with zero attached hydrogens (tertiary/aromatic N) is 5. The van der Waals surface area contributed by atoms with E-state index < -0.39 is 0 Å². The first kappa shape index (κ1) is 17.1. The van der Waals surface area contributed by atoms with Gasteiger partial charge >= 0.3 is 0 Å². The fourth-order valence-corrected chi connectivity index (χ4v) is 3.19. The number of guanidine groups is 1. The van der Waals surface area contributed by atoms with Gasteiger partial charge < -0.3 is 15.2 Å². The fraction of sp³-hybridized carbons (Fsp3) is 0.250. The van der Waals surface area contributed by atoms with Gasteiger partial charge in [0, 0.05) is 38.0 Å². The molecule has 0 aliphatic heterocycles. The van der Waals surface area contributed by atoms with Gasteiger partial charge in [0.1, 0.15) is 0 Å². The molecule has 3 heterocycles. The summed E-state index contributed by atoms with van der Waals surface area (Å²) in [4.78, 5) is 4.28. The van der Waals surface area contributed by atoms with E-state index in [1.165, 1.54) is 10.9 Å². The molecule has 0 bridgehead atoms. The zero-order valence-corrected chi connectivity index (χ0v) is 15.3. The van der Waals surface area contributed by atoms with E-state index in [1.807, 2.05) is 28.8 Å². The van der Waals surface area contributed by atoms with Gasteiger partial charge in [-0.15, -0.1) is 10.2 Å². The maximum atomic E-state index is 4.28. The first-order valence-corrected chi connectivity index (χ1v) is 9.12. The predicted octanol–water partition coefficient (Wildman–Crippen LogP) is 2.44. The molecular weight excluding hydrogens is 338 g/mol. The average Bonchev–Trinajstić information content (AvgIpc) is 3.32. The van der Waals surface area contributed by atoms with Crippen molar-refractivity contribution in [2.75, 3.05) is 13.6 Å². The van der Waals surface area contributed by atoms with Gasteiger partial charge in [0.2, 0.25) is 0 Å². The predicted molar refractivity (Wildman–Crippen MR) is 108 cm³/mol. The zero-order chi connectivity index (χ0) is 18.5. The van der Waals surface area contributed by atoms with Crippen LogP contribution in [0.2, 0.25) is 0 Å². The molecule has 27 heavy (non-hydrogen) atoms. The Morgan fingerprint density at radius 3 is 2.81 bits per heavy atom. The third-order valence-electron chi connectivity index (χ3n) is 4.57. The number of pyridine rings is 1. The van der Waals surface area contributed by atoms with Crippen molar-refractivity contribution in [3.05, 3.63) is 66.7 Å². The normalized spacial score (nSPS) is 12.0. The lowest BCUT2D eigenvalue weighted by atomic mass is 10.2. The van der Waals surface area contributed by atoms with Crippen molar-refractivity contribution < 1.29 is 0 Å². The van der Waals surface area contributed by atoms with Crippen molar-refractivity contribution in [1.29, 1.82) is 0 Å². The van der Waals surface area contributed by atoms with E-state index >= 15 is 0 Å². The fourth-order valence-electron chi connectivity index (χ4n) is 3.19. The third kappa shape index (κ3) is 3.76. The lowest BCUT2D eigenvalue weighted by molar-refractivity contribution is 0.639. The quantitative estimate of drug-likeness (QED) is 0.314. The highest BCUT2D eigenvalue weighted by Gasteiger charge is 2.05. The number of nitrogens with one attached hydrogen (secondary N) is 2. The van der Waals surface area contributed by atoms with Gasteiger partial charge in [0.15, 0.2) is 17.4 Å². The van der Waals surface area contributed by atoms with Gasteiger partial charge in [-0.3, -0.25) is 9.39 Å². The SMILES string of the molecule is CN=C(NCCCn1ccc2ccccc21)NCc1nnc2ccccn12. The summed E-state index contributed by atoms with van der Waals surface area (Å²) in [7, 11) is 1.77. The zero-order valence-electron chi connectivity index (χ0n) is 15.3. The lowest BCUT2D eigenvalue weighted by Crippen LogP contribution is -2.37. The van der Waals surface area contributed by atoms with Crippen molar-refractivity contribution in [3.63, 3.8) is 0 Å². The van der Waals surface area contributed by atoms with Crippen molar-refractivity contribution in [3.8, 4) is 0 Å². The Labute approximate surface area is 157 Å². The number of benzene rings is 1. The van der Waals surface area contributed by atoms with E-state index in [4.69, 9.17) is 0 Å². The highest BCUT2D eigenvalue weighted by molar-refractivity contribution is 5.80. The van der Waals surface area contributed by atoms with E-state index in [0.29, 0.717) is 6.54 Å². The Balaban J connectivity index is 1.27. The van der Waals surface area contributed by atoms with Crippen LogP contribution in [0, 0.1) is 0 Å². The summed E-state index contributed by atoms with van der Waals surface area (Å²) in [5.74, 6) is 1.62. The van der Waals surface area contributed by atoms with Crippen LogP contribution in [-0.2, 0) is 13.1 Å². The second-order valence-electron chi connectivity index (χ2n) is 6.32. The summed E-state index contributed by atoms with van der Waals surface area (Å²) in [5, 5.41) is 16.3. The minimum Gasteiger partial charge on any atom is -0.356 e. The molecule has 0 aliphatic rings. The maximum Gasteiger partial charge on any atom is 0.191 e. The molecule has 3 aromatic heterocycles. The molecular formula is C20H23N7. The minimum atomic E-state index is 0.563. The Morgan fingerprint density at radius 2 is 1.89 bits per heavy atom. The number of fused-ring (bicyclic) bond motifs is 2. The van der Waals surface area contributed by atoms with Crippen molar-refractivity contribution in [2.45, 2.75) is 19.5 Å². The molecule has 0 saturated heterocycles. The van der Waals surface area contributed by atoms with E-state index in [1.54, 1.807) is 7.05 Å². The number of hydrogen-bond donors (Lipinski definition) is 2. The molecule has 4 rings (SSSR count). The van der Waals surface area contributed by atoms with E-state index in [-0.39, 0.29) is 0 Å². The Hall–Kier alpha value is -3.35. The number of hydrogen-bond acceptors (Lipinski definition) is 3. The van der Waals surface area contributed by atoms with Gasteiger partial charge in [0.05, 0.1) is 6.54 Å². The van der Waals surface area contributed by atoms with Gasteiger partial charge in [-0.05, 0) is 36.1 Å². The van der Waals surface area contributed by atoms with Gasteiger partial charge in [-0.2, -0.15) is 0 Å². The molecule has 0 amide bonds. The smallest absolute Gasteiger partial charge is 0.191 e. The van der Waals surface area contributed by atoms with E-state index in [9.17, 15) is 0 Å². The Kier molecular flexibility index (Phi) is 5.00. The molecule has 0 unspecified atom stereocenters.